The van der Waals surface area contributed by atoms with Crippen molar-refractivity contribution in [3.8, 4) is 11.5 Å². The highest BCUT2D eigenvalue weighted by Crippen LogP contribution is 2.37. The highest BCUT2D eigenvalue weighted by Gasteiger charge is 2.25. The third kappa shape index (κ3) is 5.00. The highest BCUT2D eigenvalue weighted by atomic mass is 16.5. The first-order chi connectivity index (χ1) is 15.6. The normalized spacial score (nSPS) is 11.3. The Kier molecular flexibility index (Phi) is 6.76. The maximum atomic E-state index is 12.8. The number of aromatic nitrogens is 1. The van der Waals surface area contributed by atoms with Crippen LogP contribution in [0.25, 0.3) is 10.9 Å². The van der Waals surface area contributed by atoms with Crippen molar-refractivity contribution in [2.45, 2.75) is 39.7 Å². The van der Waals surface area contributed by atoms with E-state index in [4.69, 9.17) is 15.2 Å². The first-order valence-corrected chi connectivity index (χ1v) is 10.6. The van der Waals surface area contributed by atoms with Gasteiger partial charge in [-0.15, -0.1) is 0 Å². The van der Waals surface area contributed by atoms with Gasteiger partial charge in [-0.3, -0.25) is 9.78 Å². The average molecular weight is 452 g/mol. The Labute approximate surface area is 192 Å². The van der Waals surface area contributed by atoms with E-state index < -0.39 is 11.5 Å². The molecule has 174 valence electrons. The van der Waals surface area contributed by atoms with Crippen LogP contribution in [-0.4, -0.2) is 41.2 Å². The largest absolute Gasteiger partial charge is 0.497 e. The number of rotatable bonds is 8. The van der Waals surface area contributed by atoms with Crippen LogP contribution in [0, 0.1) is 6.92 Å². The number of carbonyl (C=O) groups is 2. The van der Waals surface area contributed by atoms with Crippen molar-refractivity contribution in [1.82, 2.24) is 10.3 Å². The van der Waals surface area contributed by atoms with Crippen LogP contribution in [0.5, 0.6) is 11.5 Å². The monoisotopic (exact) mass is 451 g/mol. The van der Waals surface area contributed by atoms with Crippen LogP contribution >= 0.6 is 0 Å². The van der Waals surface area contributed by atoms with Gasteiger partial charge in [0.2, 0.25) is 0 Å². The van der Waals surface area contributed by atoms with E-state index in [1.807, 2.05) is 32.9 Å². The molecule has 0 bridgehead atoms. The third-order valence-corrected chi connectivity index (χ3v) is 5.36. The highest BCUT2D eigenvalue weighted by molar-refractivity contribution is 6.07. The molecule has 1 heterocycles. The van der Waals surface area contributed by atoms with Crippen molar-refractivity contribution in [1.29, 1.82) is 0 Å². The number of pyridine rings is 1. The van der Waals surface area contributed by atoms with Gasteiger partial charge in [0.05, 0.1) is 34.9 Å². The van der Waals surface area contributed by atoms with Gasteiger partial charge in [0.1, 0.15) is 23.7 Å². The van der Waals surface area contributed by atoms with Crippen LogP contribution in [-0.2, 0) is 6.42 Å². The van der Waals surface area contributed by atoms with E-state index in [0.29, 0.717) is 40.1 Å². The fourth-order valence-electron chi connectivity index (χ4n) is 3.67. The molecule has 0 aliphatic rings. The summed E-state index contributed by atoms with van der Waals surface area (Å²) >= 11 is 0. The molecule has 0 atom stereocenters. The molecule has 0 spiro atoms. The summed E-state index contributed by atoms with van der Waals surface area (Å²) in [5, 5.41) is 13.0. The van der Waals surface area contributed by atoms with E-state index in [0.717, 1.165) is 5.56 Å². The standard InChI is InChI=1S/C25H29N3O5/c1-6-15-10-11-18-20(21(26)19(24(30)31)14(2)27-18)22(15)33-13-25(3,4)28-23(29)16-8-7-9-17(12-16)32-5/h7-12H,6,13H2,1-5H3,(H2,26,27)(H,28,29)(H,30,31). The first-order valence-electron chi connectivity index (χ1n) is 10.6. The number of nitrogens with two attached hydrogens (primary N) is 1. The van der Waals surface area contributed by atoms with Crippen molar-refractivity contribution >= 4 is 28.5 Å². The minimum absolute atomic E-state index is 0.0359. The summed E-state index contributed by atoms with van der Waals surface area (Å²) in [6.07, 6.45) is 0.650. The molecule has 3 rings (SSSR count). The van der Waals surface area contributed by atoms with Gasteiger partial charge < -0.3 is 25.6 Å². The predicted molar refractivity (Wildman–Crippen MR) is 127 cm³/mol. The second-order valence-electron chi connectivity index (χ2n) is 8.45. The van der Waals surface area contributed by atoms with Crippen LogP contribution in [0.3, 0.4) is 0 Å². The molecule has 4 N–H and O–H groups in total. The van der Waals surface area contributed by atoms with E-state index in [2.05, 4.69) is 10.3 Å². The van der Waals surface area contributed by atoms with Crippen LogP contribution in [0.2, 0.25) is 0 Å². The van der Waals surface area contributed by atoms with Gasteiger partial charge in [0.25, 0.3) is 5.91 Å². The lowest BCUT2D eigenvalue weighted by molar-refractivity contribution is 0.0696. The van der Waals surface area contributed by atoms with Crippen molar-refractivity contribution < 1.29 is 24.2 Å². The minimum Gasteiger partial charge on any atom is -0.497 e. The molecular weight excluding hydrogens is 422 g/mol. The van der Waals surface area contributed by atoms with Gasteiger partial charge in [0.15, 0.2) is 0 Å². The molecule has 0 saturated carbocycles. The van der Waals surface area contributed by atoms with Crippen LogP contribution in [0.4, 0.5) is 5.69 Å². The number of carboxylic acids is 1. The first kappa shape index (κ1) is 23.8. The molecule has 0 unspecified atom stereocenters. The number of hydrogen-bond acceptors (Lipinski definition) is 6. The number of aryl methyl sites for hydroxylation is 2. The summed E-state index contributed by atoms with van der Waals surface area (Å²) < 4.78 is 11.4. The molecule has 33 heavy (non-hydrogen) atoms. The topological polar surface area (TPSA) is 124 Å². The predicted octanol–water partition coefficient (Wildman–Crippen LogP) is 3.98. The van der Waals surface area contributed by atoms with Gasteiger partial charge >= 0.3 is 5.97 Å². The number of carboxylic acid groups (broad SMARTS) is 1. The zero-order valence-electron chi connectivity index (χ0n) is 19.5. The van der Waals surface area contributed by atoms with Crippen LogP contribution in [0.1, 0.15) is 52.7 Å². The maximum absolute atomic E-state index is 12.8. The number of nitrogen functional groups attached to an aromatic ring is 1. The van der Waals surface area contributed by atoms with Gasteiger partial charge in [-0.2, -0.15) is 0 Å². The Morgan fingerprint density at radius 1 is 1.21 bits per heavy atom. The van der Waals surface area contributed by atoms with E-state index in [-0.39, 0.29) is 23.8 Å². The Morgan fingerprint density at radius 2 is 1.94 bits per heavy atom. The lowest BCUT2D eigenvalue weighted by atomic mass is 10.0. The van der Waals surface area contributed by atoms with Gasteiger partial charge in [-0.1, -0.05) is 19.1 Å². The lowest BCUT2D eigenvalue weighted by Crippen LogP contribution is -2.47. The van der Waals surface area contributed by atoms with Crippen molar-refractivity contribution in [3.63, 3.8) is 0 Å². The van der Waals surface area contributed by atoms with Gasteiger partial charge in [-0.25, -0.2) is 4.79 Å². The molecule has 8 heteroatoms. The van der Waals surface area contributed by atoms with E-state index in [9.17, 15) is 14.7 Å². The number of methoxy groups -OCH3 is 1. The number of hydrogen-bond donors (Lipinski definition) is 3. The molecule has 0 radical (unpaired) electrons. The number of fused-ring (bicyclic) bond motifs is 1. The molecule has 0 fully saturated rings. The van der Waals surface area contributed by atoms with Crippen molar-refractivity contribution in [2.75, 3.05) is 19.5 Å². The summed E-state index contributed by atoms with van der Waals surface area (Å²) in [5.74, 6) is -0.335. The smallest absolute Gasteiger partial charge is 0.339 e. The summed E-state index contributed by atoms with van der Waals surface area (Å²) in [6, 6.07) is 10.6. The molecule has 0 aliphatic carbocycles. The van der Waals surface area contributed by atoms with Crippen molar-refractivity contribution in [2.24, 2.45) is 0 Å². The summed E-state index contributed by atoms with van der Waals surface area (Å²) in [5.41, 5.74) is 7.86. The molecule has 8 nitrogen and oxygen atoms in total. The van der Waals surface area contributed by atoms with E-state index in [1.54, 1.807) is 38.3 Å². The van der Waals surface area contributed by atoms with Crippen LogP contribution in [0.15, 0.2) is 36.4 Å². The summed E-state index contributed by atoms with van der Waals surface area (Å²) in [6.45, 7) is 7.40. The van der Waals surface area contributed by atoms with Crippen molar-refractivity contribution in [3.05, 3.63) is 58.8 Å². The van der Waals surface area contributed by atoms with Gasteiger partial charge in [-0.05, 0) is 57.0 Å². The zero-order chi connectivity index (χ0) is 24.3. The molecule has 2 aromatic carbocycles. The number of benzene rings is 2. The molecule has 0 aliphatic heterocycles. The summed E-state index contributed by atoms with van der Waals surface area (Å²) in [7, 11) is 1.54. The Balaban J connectivity index is 1.92. The Bertz CT molecular complexity index is 1220. The number of nitrogens with zero attached hydrogens (tertiary/aromatic N) is 1. The number of nitrogens with one attached hydrogen (secondary N) is 1. The minimum atomic E-state index is -1.14. The quantitative estimate of drug-likeness (QED) is 0.473. The zero-order valence-corrected chi connectivity index (χ0v) is 19.5. The fourth-order valence-corrected chi connectivity index (χ4v) is 3.67. The average Bonchev–Trinajstić information content (AvgIpc) is 2.76. The Hall–Kier alpha value is -3.81. The van der Waals surface area contributed by atoms with Crippen LogP contribution < -0.4 is 20.5 Å². The number of anilines is 1. The third-order valence-electron chi connectivity index (χ3n) is 5.36. The molecule has 1 amide bonds. The number of amides is 1. The second-order valence-corrected chi connectivity index (χ2v) is 8.45. The van der Waals surface area contributed by atoms with Gasteiger partial charge in [0, 0.05) is 5.56 Å². The van der Waals surface area contributed by atoms with E-state index >= 15 is 0 Å². The molecule has 1 aromatic heterocycles. The molecule has 3 aromatic rings. The number of aromatic carboxylic acids is 1. The lowest BCUT2D eigenvalue weighted by Gasteiger charge is -2.27. The molecule has 0 saturated heterocycles. The maximum Gasteiger partial charge on any atom is 0.339 e. The van der Waals surface area contributed by atoms with E-state index in [1.165, 1.54) is 0 Å². The number of ether oxygens (including phenoxy) is 2. The summed E-state index contributed by atoms with van der Waals surface area (Å²) in [4.78, 5) is 28.9. The fraction of sp³-hybridized carbons (Fsp3) is 0.320. The molecular formula is C25H29N3O5. The number of carbonyl (C=O) groups excluding carboxylic acids is 1. The SMILES string of the molecule is CCc1ccc2nc(C)c(C(=O)O)c(N)c2c1OCC(C)(C)NC(=O)c1cccc(OC)c1. The Morgan fingerprint density at radius 3 is 2.58 bits per heavy atom. The second kappa shape index (κ2) is 9.36.